The van der Waals surface area contributed by atoms with Gasteiger partial charge in [-0.3, -0.25) is 0 Å². The van der Waals surface area contributed by atoms with Crippen molar-refractivity contribution in [2.75, 3.05) is 37.3 Å². The van der Waals surface area contributed by atoms with Gasteiger partial charge in [-0.25, -0.2) is 23.4 Å². The van der Waals surface area contributed by atoms with Gasteiger partial charge in [0, 0.05) is 23.0 Å². The van der Waals surface area contributed by atoms with E-state index in [1.807, 2.05) is 4.68 Å². The molecule has 3 N–H and O–H groups in total. The number of aliphatic hydroxyl groups is 1. The standard InChI is InChI=1S/C33H39F2N9O2S/c1-18(22-8-5-13-42(22)2)44-30-21(16-38-44)29(43-14-6-12-33(45,17-43)31(34)35)39-28(40-30)25-19-7-3-10-32(26(19)46-41-25)11-4-9-23-24(32)20(15-36)27(37)47-23/h16,18,22,31,45H,3-14,17,37H2,1-2H3/t18-,22-,32-,33-/m0/s1. The average molecular weight is 664 g/mol. The quantitative estimate of drug-likeness (QED) is 0.292. The molecule has 248 valence electrons. The normalized spacial score (nSPS) is 27.0. The van der Waals surface area contributed by atoms with Crippen molar-refractivity contribution in [2.45, 2.75) is 101 Å². The fourth-order valence-corrected chi connectivity index (χ4v) is 10.1. The van der Waals surface area contributed by atoms with Crippen LogP contribution in [0, 0.1) is 11.3 Å². The van der Waals surface area contributed by atoms with Crippen LogP contribution >= 0.6 is 11.3 Å². The van der Waals surface area contributed by atoms with Crippen molar-refractivity contribution in [1.29, 1.82) is 5.26 Å². The molecule has 2 fully saturated rings. The number of hydrogen-bond acceptors (Lipinski definition) is 11. The highest BCUT2D eigenvalue weighted by atomic mass is 32.1. The Morgan fingerprint density at radius 2 is 1.96 bits per heavy atom. The van der Waals surface area contributed by atoms with Gasteiger partial charge in [0.2, 0.25) is 0 Å². The molecule has 4 aromatic heterocycles. The van der Waals surface area contributed by atoms with Crippen LogP contribution in [0.5, 0.6) is 0 Å². The van der Waals surface area contributed by atoms with E-state index in [2.05, 4.69) is 30.1 Å². The minimum Gasteiger partial charge on any atom is -0.389 e. The fourth-order valence-electron chi connectivity index (χ4n) is 8.90. The molecule has 0 aromatic carbocycles. The number of β-amino-alcohol motifs (C(OH)–C–C–N with tert-alkyl or cyclic N) is 1. The summed E-state index contributed by atoms with van der Waals surface area (Å²) >= 11 is 1.50. The maximum atomic E-state index is 14.1. The number of alkyl halides is 2. The number of nitrogens with zero attached hydrogens (tertiary/aromatic N) is 8. The van der Waals surface area contributed by atoms with Gasteiger partial charge in [-0.1, -0.05) is 5.16 Å². The monoisotopic (exact) mass is 663 g/mol. The molecule has 1 spiro atoms. The van der Waals surface area contributed by atoms with Gasteiger partial charge in [-0.2, -0.15) is 10.4 Å². The number of nitrogen functional groups attached to an aromatic ring is 1. The van der Waals surface area contributed by atoms with Gasteiger partial charge in [0.05, 0.1) is 35.1 Å². The van der Waals surface area contributed by atoms with Crippen molar-refractivity contribution in [3.8, 4) is 17.6 Å². The minimum absolute atomic E-state index is 0.00134. The lowest BCUT2D eigenvalue weighted by Gasteiger charge is -2.39. The molecular formula is C33H39F2N9O2S. The first kappa shape index (κ1) is 30.7. The van der Waals surface area contributed by atoms with E-state index in [0.29, 0.717) is 58.3 Å². The predicted molar refractivity (Wildman–Crippen MR) is 174 cm³/mol. The lowest BCUT2D eigenvalue weighted by atomic mass is 9.63. The number of aryl methyl sites for hydroxylation is 1. The Kier molecular flexibility index (Phi) is 7.31. The molecule has 2 saturated heterocycles. The second kappa shape index (κ2) is 11.2. The third kappa shape index (κ3) is 4.60. The molecule has 2 aliphatic carbocycles. The number of likely N-dealkylation sites (tertiary alicyclic amines) is 1. The Bertz CT molecular complexity index is 1890. The SMILES string of the molecule is C[C@@H]([C@@H]1CCCN1C)n1ncc2c(N3CCC[C@@](O)(C(F)F)C3)nc(-c3noc4c3CCC[C@@]43CCCc4sc(N)c(C#N)c43)nc21. The predicted octanol–water partition coefficient (Wildman–Crippen LogP) is 5.21. The Balaban J connectivity index is 1.29. The van der Waals surface area contributed by atoms with Crippen LogP contribution in [-0.2, 0) is 18.3 Å². The van der Waals surface area contributed by atoms with Crippen molar-refractivity contribution < 1.29 is 18.4 Å². The topological polar surface area (TPSA) is 146 Å². The maximum Gasteiger partial charge on any atom is 0.268 e. The zero-order valence-corrected chi connectivity index (χ0v) is 27.5. The zero-order valence-electron chi connectivity index (χ0n) is 26.7. The van der Waals surface area contributed by atoms with Crippen LogP contribution in [0.4, 0.5) is 19.6 Å². The van der Waals surface area contributed by atoms with Crippen LogP contribution in [0.2, 0.25) is 0 Å². The average Bonchev–Trinajstić information content (AvgIpc) is 3.85. The molecule has 6 heterocycles. The van der Waals surface area contributed by atoms with E-state index in [1.54, 1.807) is 11.1 Å². The summed E-state index contributed by atoms with van der Waals surface area (Å²) in [4.78, 5) is 15.3. The molecule has 0 saturated carbocycles. The van der Waals surface area contributed by atoms with E-state index in [4.69, 9.17) is 25.3 Å². The van der Waals surface area contributed by atoms with Gasteiger partial charge < -0.3 is 25.2 Å². The highest BCUT2D eigenvalue weighted by Gasteiger charge is 2.49. The number of aromatic nitrogens is 5. The highest BCUT2D eigenvalue weighted by Crippen LogP contribution is 2.55. The molecule has 0 bridgehead atoms. The van der Waals surface area contributed by atoms with E-state index >= 15 is 0 Å². The first-order valence-electron chi connectivity index (χ1n) is 16.7. The number of thiophene rings is 1. The van der Waals surface area contributed by atoms with E-state index < -0.39 is 17.4 Å². The third-order valence-electron chi connectivity index (χ3n) is 11.2. The number of anilines is 2. The van der Waals surface area contributed by atoms with Crippen LogP contribution < -0.4 is 10.6 Å². The molecule has 8 rings (SSSR count). The van der Waals surface area contributed by atoms with Crippen LogP contribution in [0.3, 0.4) is 0 Å². The first-order valence-corrected chi connectivity index (χ1v) is 17.5. The number of rotatable bonds is 5. The second-order valence-corrected chi connectivity index (χ2v) is 15.1. The van der Waals surface area contributed by atoms with E-state index in [9.17, 15) is 19.1 Å². The molecule has 0 unspecified atom stereocenters. The van der Waals surface area contributed by atoms with Gasteiger partial charge in [0.15, 0.2) is 22.9 Å². The molecule has 2 aliphatic heterocycles. The van der Waals surface area contributed by atoms with Crippen molar-refractivity contribution >= 4 is 33.2 Å². The van der Waals surface area contributed by atoms with Gasteiger partial charge >= 0.3 is 0 Å². The maximum absolute atomic E-state index is 14.1. The number of nitrogens with two attached hydrogens (primary N) is 1. The summed E-state index contributed by atoms with van der Waals surface area (Å²) in [7, 11) is 2.12. The van der Waals surface area contributed by atoms with Crippen molar-refractivity contribution in [3.05, 3.63) is 33.5 Å². The molecule has 0 radical (unpaired) electrons. The Labute approximate surface area is 275 Å². The second-order valence-electron chi connectivity index (χ2n) is 13.9. The number of halogens is 2. The van der Waals surface area contributed by atoms with Gasteiger partial charge in [0.1, 0.15) is 22.5 Å². The highest BCUT2D eigenvalue weighted by molar-refractivity contribution is 7.16. The smallest absolute Gasteiger partial charge is 0.268 e. The van der Waals surface area contributed by atoms with Crippen molar-refractivity contribution in [3.63, 3.8) is 0 Å². The lowest BCUT2D eigenvalue weighted by Crippen LogP contribution is -2.53. The van der Waals surface area contributed by atoms with Crippen LogP contribution in [0.1, 0.15) is 91.7 Å². The third-order valence-corrected chi connectivity index (χ3v) is 12.3. The lowest BCUT2D eigenvalue weighted by molar-refractivity contribution is -0.101. The molecule has 4 atom stereocenters. The van der Waals surface area contributed by atoms with Gasteiger partial charge in [-0.15, -0.1) is 11.3 Å². The number of nitriles is 1. The van der Waals surface area contributed by atoms with Crippen LogP contribution in [0.15, 0.2) is 10.7 Å². The summed E-state index contributed by atoms with van der Waals surface area (Å²) in [6.45, 7) is 3.36. The molecule has 0 amide bonds. The number of hydrogen-bond donors (Lipinski definition) is 2. The summed E-state index contributed by atoms with van der Waals surface area (Å²) < 4.78 is 36.3. The molecule has 47 heavy (non-hydrogen) atoms. The summed E-state index contributed by atoms with van der Waals surface area (Å²) in [6.07, 6.45) is 6.47. The summed E-state index contributed by atoms with van der Waals surface area (Å²) in [5, 5.41) is 31.6. The molecular weight excluding hydrogens is 624 g/mol. The van der Waals surface area contributed by atoms with Crippen LogP contribution in [-0.4, -0.2) is 79.7 Å². The number of fused-ring (bicyclic) bond motifs is 5. The van der Waals surface area contributed by atoms with E-state index in [1.165, 1.54) is 11.3 Å². The molecule has 4 aromatic rings. The van der Waals surface area contributed by atoms with Crippen molar-refractivity contribution in [2.24, 2.45) is 0 Å². The fraction of sp³-hybridized carbons (Fsp3) is 0.606. The summed E-state index contributed by atoms with van der Waals surface area (Å²) in [6, 6.07) is 2.64. The zero-order chi connectivity index (χ0) is 32.7. The Morgan fingerprint density at radius 1 is 1.15 bits per heavy atom. The molecule has 14 heteroatoms. The Morgan fingerprint density at radius 3 is 2.70 bits per heavy atom. The largest absolute Gasteiger partial charge is 0.389 e. The number of piperidine rings is 1. The van der Waals surface area contributed by atoms with Crippen molar-refractivity contribution in [1.82, 2.24) is 29.8 Å². The molecule has 4 aliphatic rings. The van der Waals surface area contributed by atoms with Crippen LogP contribution in [0.25, 0.3) is 22.6 Å². The van der Waals surface area contributed by atoms with E-state index in [-0.39, 0.29) is 25.0 Å². The number of likely N-dealkylation sites (N-methyl/N-ethyl adjacent to an activating group) is 1. The van der Waals surface area contributed by atoms with Gasteiger partial charge in [-0.05, 0) is 90.3 Å². The van der Waals surface area contributed by atoms with E-state index in [0.717, 1.165) is 73.3 Å². The van der Waals surface area contributed by atoms with Gasteiger partial charge in [0.25, 0.3) is 6.43 Å². The summed E-state index contributed by atoms with van der Waals surface area (Å²) in [5.41, 5.74) is 7.29. The summed E-state index contributed by atoms with van der Waals surface area (Å²) in [5.74, 6) is 1.55. The first-order chi connectivity index (χ1) is 22.6. The molecule has 11 nitrogen and oxygen atoms in total. The minimum atomic E-state index is -2.88. The Hall–Kier alpha value is -3.67.